The van der Waals surface area contributed by atoms with Gasteiger partial charge in [0.15, 0.2) is 0 Å². The summed E-state index contributed by atoms with van der Waals surface area (Å²) in [6, 6.07) is 12.1. The molecule has 122 valence electrons. The van der Waals surface area contributed by atoms with E-state index in [0.717, 1.165) is 22.2 Å². The van der Waals surface area contributed by atoms with Crippen molar-refractivity contribution in [2.45, 2.75) is 6.54 Å². The standard InChI is InChI=1S/C17H12BrF2N3O/c18-12-3-1-2-11(8-12)10-23-16(6-7-21-23)22-17(24)14-5-4-13(19)9-15(14)20/h1-9H,10H2,(H,22,24). The van der Waals surface area contributed by atoms with E-state index in [9.17, 15) is 13.6 Å². The van der Waals surface area contributed by atoms with Gasteiger partial charge in [-0.3, -0.25) is 4.79 Å². The molecule has 0 atom stereocenters. The zero-order chi connectivity index (χ0) is 17.1. The summed E-state index contributed by atoms with van der Waals surface area (Å²) >= 11 is 3.40. The van der Waals surface area contributed by atoms with E-state index in [1.54, 1.807) is 10.7 Å². The molecule has 0 saturated carbocycles. The van der Waals surface area contributed by atoms with Gasteiger partial charge in [-0.15, -0.1) is 0 Å². The number of aromatic nitrogens is 2. The highest BCUT2D eigenvalue weighted by molar-refractivity contribution is 9.10. The van der Waals surface area contributed by atoms with Crippen molar-refractivity contribution in [2.75, 3.05) is 5.32 Å². The highest BCUT2D eigenvalue weighted by Crippen LogP contribution is 2.16. The molecule has 2 aromatic carbocycles. The number of anilines is 1. The van der Waals surface area contributed by atoms with E-state index in [1.165, 1.54) is 6.20 Å². The molecule has 0 aliphatic rings. The number of rotatable bonds is 4. The number of benzene rings is 2. The molecular formula is C17H12BrF2N3O. The normalized spacial score (nSPS) is 10.6. The van der Waals surface area contributed by atoms with Gasteiger partial charge in [-0.1, -0.05) is 28.1 Å². The summed E-state index contributed by atoms with van der Waals surface area (Å²) in [7, 11) is 0. The monoisotopic (exact) mass is 391 g/mol. The molecule has 0 radical (unpaired) electrons. The molecule has 0 aliphatic heterocycles. The lowest BCUT2D eigenvalue weighted by molar-refractivity contribution is 0.102. The van der Waals surface area contributed by atoms with Gasteiger partial charge in [-0.2, -0.15) is 5.10 Å². The maximum atomic E-state index is 13.7. The number of carbonyl (C=O) groups is 1. The molecule has 0 aliphatic carbocycles. The predicted molar refractivity (Wildman–Crippen MR) is 89.8 cm³/mol. The Kier molecular flexibility index (Phi) is 4.71. The van der Waals surface area contributed by atoms with Crippen molar-refractivity contribution >= 4 is 27.7 Å². The molecule has 0 saturated heterocycles. The fraction of sp³-hybridized carbons (Fsp3) is 0.0588. The fourth-order valence-electron chi connectivity index (χ4n) is 2.23. The van der Waals surface area contributed by atoms with Gasteiger partial charge in [0.2, 0.25) is 0 Å². The van der Waals surface area contributed by atoms with Gasteiger partial charge in [0.25, 0.3) is 5.91 Å². The lowest BCUT2D eigenvalue weighted by Crippen LogP contribution is -2.17. The highest BCUT2D eigenvalue weighted by atomic mass is 79.9. The number of hydrogen-bond donors (Lipinski definition) is 1. The number of nitrogens with zero attached hydrogens (tertiary/aromatic N) is 2. The molecule has 1 amide bonds. The van der Waals surface area contributed by atoms with Crippen LogP contribution in [0.4, 0.5) is 14.6 Å². The van der Waals surface area contributed by atoms with Crippen molar-refractivity contribution in [3.63, 3.8) is 0 Å². The van der Waals surface area contributed by atoms with E-state index in [4.69, 9.17) is 0 Å². The van der Waals surface area contributed by atoms with Crippen LogP contribution in [0.2, 0.25) is 0 Å². The number of halogens is 3. The van der Waals surface area contributed by atoms with Gasteiger partial charge in [-0.25, -0.2) is 13.5 Å². The van der Waals surface area contributed by atoms with Gasteiger partial charge in [0.05, 0.1) is 18.3 Å². The number of carbonyl (C=O) groups excluding carboxylic acids is 1. The van der Waals surface area contributed by atoms with E-state index in [0.29, 0.717) is 18.4 Å². The van der Waals surface area contributed by atoms with E-state index in [1.807, 2.05) is 24.3 Å². The van der Waals surface area contributed by atoms with Crippen molar-refractivity contribution < 1.29 is 13.6 Å². The number of nitrogens with one attached hydrogen (secondary N) is 1. The predicted octanol–water partition coefficient (Wildman–Crippen LogP) is 4.22. The van der Waals surface area contributed by atoms with Gasteiger partial charge in [-0.05, 0) is 29.8 Å². The molecule has 1 heterocycles. The Labute approximate surface area is 145 Å². The summed E-state index contributed by atoms with van der Waals surface area (Å²) in [6.45, 7) is 0.438. The van der Waals surface area contributed by atoms with Crippen molar-refractivity contribution in [3.05, 3.63) is 82.0 Å². The van der Waals surface area contributed by atoms with Crippen LogP contribution < -0.4 is 5.32 Å². The van der Waals surface area contributed by atoms with E-state index >= 15 is 0 Å². The van der Waals surface area contributed by atoms with Gasteiger partial charge < -0.3 is 5.32 Å². The van der Waals surface area contributed by atoms with Crippen LogP contribution in [0.15, 0.2) is 59.2 Å². The zero-order valence-electron chi connectivity index (χ0n) is 12.3. The van der Waals surface area contributed by atoms with E-state index in [2.05, 4.69) is 26.3 Å². The van der Waals surface area contributed by atoms with Crippen molar-refractivity contribution in [3.8, 4) is 0 Å². The van der Waals surface area contributed by atoms with Crippen LogP contribution in [0.1, 0.15) is 15.9 Å². The summed E-state index contributed by atoms with van der Waals surface area (Å²) < 4.78 is 29.2. The fourth-order valence-corrected chi connectivity index (χ4v) is 2.68. The van der Waals surface area contributed by atoms with Gasteiger partial charge >= 0.3 is 0 Å². The topological polar surface area (TPSA) is 46.9 Å². The summed E-state index contributed by atoms with van der Waals surface area (Å²) in [5, 5.41) is 6.75. The third-order valence-corrected chi connectivity index (χ3v) is 3.85. The molecule has 24 heavy (non-hydrogen) atoms. The van der Waals surface area contributed by atoms with Crippen molar-refractivity contribution in [2.24, 2.45) is 0 Å². The maximum Gasteiger partial charge on any atom is 0.259 e. The first-order valence-electron chi connectivity index (χ1n) is 7.05. The summed E-state index contributed by atoms with van der Waals surface area (Å²) in [5.41, 5.74) is 0.753. The third-order valence-electron chi connectivity index (χ3n) is 3.36. The van der Waals surface area contributed by atoms with Gasteiger partial charge in [0, 0.05) is 16.6 Å². The average molecular weight is 392 g/mol. The lowest BCUT2D eigenvalue weighted by Gasteiger charge is -2.10. The smallest absolute Gasteiger partial charge is 0.259 e. The van der Waals surface area contributed by atoms with Crippen molar-refractivity contribution in [1.29, 1.82) is 0 Å². The minimum atomic E-state index is -0.912. The Hall–Kier alpha value is -2.54. The molecular weight excluding hydrogens is 380 g/mol. The molecule has 0 unspecified atom stereocenters. The Morgan fingerprint density at radius 3 is 2.75 bits per heavy atom. The molecule has 3 rings (SSSR count). The summed E-state index contributed by atoms with van der Waals surface area (Å²) in [4.78, 5) is 12.2. The Balaban J connectivity index is 1.79. The second-order valence-electron chi connectivity index (χ2n) is 5.08. The second-order valence-corrected chi connectivity index (χ2v) is 6.00. The second kappa shape index (κ2) is 6.92. The Morgan fingerprint density at radius 2 is 2.00 bits per heavy atom. The molecule has 4 nitrogen and oxygen atoms in total. The SMILES string of the molecule is O=C(Nc1ccnn1Cc1cccc(Br)c1)c1ccc(F)cc1F. The van der Waals surface area contributed by atoms with Crippen LogP contribution in [0.3, 0.4) is 0 Å². The average Bonchev–Trinajstić information content (AvgIpc) is 2.94. The largest absolute Gasteiger partial charge is 0.307 e. The minimum Gasteiger partial charge on any atom is -0.307 e. The quantitative estimate of drug-likeness (QED) is 0.723. The molecule has 1 aromatic heterocycles. The minimum absolute atomic E-state index is 0.230. The first kappa shape index (κ1) is 16.3. The molecule has 1 N–H and O–H groups in total. The van der Waals surface area contributed by atoms with Crippen LogP contribution in [0.5, 0.6) is 0 Å². The van der Waals surface area contributed by atoms with Crippen LogP contribution in [-0.2, 0) is 6.54 Å². The first-order chi connectivity index (χ1) is 11.5. The summed E-state index contributed by atoms with van der Waals surface area (Å²) in [5.74, 6) is -1.89. The lowest BCUT2D eigenvalue weighted by atomic mass is 10.2. The van der Waals surface area contributed by atoms with Crippen LogP contribution in [-0.4, -0.2) is 15.7 Å². The van der Waals surface area contributed by atoms with E-state index < -0.39 is 17.5 Å². The summed E-state index contributed by atoms with van der Waals surface area (Å²) in [6.07, 6.45) is 1.54. The molecule has 0 fully saturated rings. The Bertz CT molecular complexity index is 895. The number of hydrogen-bond acceptors (Lipinski definition) is 2. The molecule has 7 heteroatoms. The van der Waals surface area contributed by atoms with Crippen LogP contribution in [0.25, 0.3) is 0 Å². The molecule has 0 bridgehead atoms. The van der Waals surface area contributed by atoms with Crippen LogP contribution in [0, 0.1) is 11.6 Å². The number of amides is 1. The first-order valence-corrected chi connectivity index (χ1v) is 7.85. The van der Waals surface area contributed by atoms with Gasteiger partial charge in [0.1, 0.15) is 17.5 Å². The highest BCUT2D eigenvalue weighted by Gasteiger charge is 2.14. The molecule has 3 aromatic rings. The van der Waals surface area contributed by atoms with E-state index in [-0.39, 0.29) is 5.56 Å². The maximum absolute atomic E-state index is 13.7. The molecule has 0 spiro atoms. The third kappa shape index (κ3) is 3.68. The van der Waals surface area contributed by atoms with Crippen molar-refractivity contribution in [1.82, 2.24) is 9.78 Å². The van der Waals surface area contributed by atoms with Crippen LogP contribution >= 0.6 is 15.9 Å². The zero-order valence-corrected chi connectivity index (χ0v) is 13.9. The Morgan fingerprint density at radius 1 is 1.17 bits per heavy atom.